The lowest BCUT2D eigenvalue weighted by atomic mass is 9.86. The highest BCUT2D eigenvalue weighted by atomic mass is 35.5. The maximum Gasteiger partial charge on any atom is 0.512 e. The number of hydrogen-bond acceptors (Lipinski definition) is 6. The van der Waals surface area contributed by atoms with E-state index in [9.17, 15) is 10.1 Å². The van der Waals surface area contributed by atoms with Gasteiger partial charge in [-0.3, -0.25) is 4.68 Å². The summed E-state index contributed by atoms with van der Waals surface area (Å²) in [6.07, 6.45) is 4.05. The normalized spacial score (nSPS) is 11.7. The summed E-state index contributed by atoms with van der Waals surface area (Å²) >= 11 is 6.43. The van der Waals surface area contributed by atoms with Gasteiger partial charge in [-0.05, 0) is 23.5 Å². The van der Waals surface area contributed by atoms with Gasteiger partial charge in [0.2, 0.25) is 6.79 Å². The van der Waals surface area contributed by atoms with Crippen LogP contribution < -0.4 is 0 Å². The number of allylic oxidation sites excluding steroid dienone is 1. The first-order chi connectivity index (χ1) is 14.6. The van der Waals surface area contributed by atoms with Crippen LogP contribution in [0.4, 0.5) is 4.79 Å². The van der Waals surface area contributed by atoms with Crippen molar-refractivity contribution in [3.63, 3.8) is 0 Å². The van der Waals surface area contributed by atoms with Crippen molar-refractivity contribution in [2.45, 2.75) is 33.1 Å². The van der Waals surface area contributed by atoms with Crippen LogP contribution in [0.15, 0.2) is 24.3 Å². The molecule has 0 fully saturated rings. The lowest BCUT2D eigenvalue weighted by Gasteiger charge is -2.19. The molecular weight excluding hydrogens is 418 g/mol. The predicted molar refractivity (Wildman–Crippen MR) is 118 cm³/mol. The van der Waals surface area contributed by atoms with Gasteiger partial charge in [-0.15, -0.1) is 6.42 Å². The molecule has 2 aromatic rings. The highest BCUT2D eigenvalue weighted by Gasteiger charge is 2.23. The number of nitrogens with zero attached hydrogens (tertiary/aromatic N) is 3. The molecular formula is C23H24ClN3O4. The standard InChI is InChI=1S/C23H24ClN3O4/c1-7-12-29-22(28)31-14-30-21(20-19(24)15(2)26-27(20)6)18(13-25)16-8-10-17(11-9-16)23(3,4)5/h1,8-11H,12,14H2,2-6H3/b21-18-. The van der Waals surface area contributed by atoms with Gasteiger partial charge in [0.05, 0.1) is 10.7 Å². The topological polar surface area (TPSA) is 86.4 Å². The molecule has 162 valence electrons. The fourth-order valence-electron chi connectivity index (χ4n) is 2.80. The Morgan fingerprint density at radius 1 is 1.23 bits per heavy atom. The van der Waals surface area contributed by atoms with Crippen molar-refractivity contribution in [2.75, 3.05) is 13.4 Å². The van der Waals surface area contributed by atoms with Crippen LogP contribution in [-0.2, 0) is 26.7 Å². The molecule has 0 bridgehead atoms. The largest absolute Gasteiger partial charge is 0.512 e. The van der Waals surface area contributed by atoms with E-state index in [2.05, 4.69) is 42.6 Å². The van der Waals surface area contributed by atoms with Crippen LogP contribution in [0.3, 0.4) is 0 Å². The number of benzene rings is 1. The van der Waals surface area contributed by atoms with Crippen molar-refractivity contribution in [2.24, 2.45) is 7.05 Å². The first-order valence-corrected chi connectivity index (χ1v) is 9.78. The summed E-state index contributed by atoms with van der Waals surface area (Å²) in [5, 5.41) is 14.5. The highest BCUT2D eigenvalue weighted by Crippen LogP contribution is 2.34. The molecule has 31 heavy (non-hydrogen) atoms. The van der Waals surface area contributed by atoms with Gasteiger partial charge in [-0.25, -0.2) is 4.79 Å². The molecule has 0 radical (unpaired) electrons. The molecule has 0 aliphatic carbocycles. The monoisotopic (exact) mass is 441 g/mol. The molecule has 0 unspecified atom stereocenters. The smallest absolute Gasteiger partial charge is 0.453 e. The number of aromatic nitrogens is 2. The second kappa shape index (κ2) is 10.1. The molecule has 1 heterocycles. The number of nitriles is 1. The van der Waals surface area contributed by atoms with Crippen molar-refractivity contribution in [3.8, 4) is 18.4 Å². The number of halogens is 1. The summed E-state index contributed by atoms with van der Waals surface area (Å²) < 4.78 is 16.7. The fourth-order valence-corrected chi connectivity index (χ4v) is 3.05. The number of ether oxygens (including phenoxy) is 3. The van der Waals surface area contributed by atoms with Crippen LogP contribution in [0.25, 0.3) is 11.3 Å². The van der Waals surface area contributed by atoms with Gasteiger partial charge >= 0.3 is 6.16 Å². The molecule has 0 saturated carbocycles. The van der Waals surface area contributed by atoms with Crippen molar-refractivity contribution >= 4 is 29.1 Å². The van der Waals surface area contributed by atoms with Crippen LogP contribution in [0, 0.1) is 30.6 Å². The average molecular weight is 442 g/mol. The molecule has 0 aliphatic rings. The Bertz CT molecular complexity index is 1060. The second-order valence-corrected chi connectivity index (χ2v) is 8.04. The van der Waals surface area contributed by atoms with E-state index in [0.717, 1.165) is 5.56 Å². The van der Waals surface area contributed by atoms with Crippen molar-refractivity contribution in [1.29, 1.82) is 5.26 Å². The van der Waals surface area contributed by atoms with Crippen LogP contribution in [0.2, 0.25) is 5.02 Å². The molecule has 0 spiro atoms. The third-order valence-corrected chi connectivity index (χ3v) is 4.85. The summed E-state index contributed by atoms with van der Waals surface area (Å²) in [6, 6.07) is 9.74. The zero-order valence-electron chi connectivity index (χ0n) is 18.2. The first kappa shape index (κ1) is 23.9. The van der Waals surface area contributed by atoms with E-state index >= 15 is 0 Å². The maximum absolute atomic E-state index is 11.6. The lowest BCUT2D eigenvalue weighted by molar-refractivity contribution is -0.000815. The predicted octanol–water partition coefficient (Wildman–Crippen LogP) is 4.83. The molecule has 1 aromatic heterocycles. The molecule has 7 nitrogen and oxygen atoms in total. The van der Waals surface area contributed by atoms with Crippen LogP contribution in [0.5, 0.6) is 0 Å². The van der Waals surface area contributed by atoms with Gasteiger partial charge in [-0.1, -0.05) is 62.6 Å². The number of terminal acetylenes is 1. The van der Waals surface area contributed by atoms with Crippen LogP contribution in [-0.4, -0.2) is 29.3 Å². The molecule has 0 aliphatic heterocycles. The van der Waals surface area contributed by atoms with E-state index in [-0.39, 0.29) is 23.4 Å². The average Bonchev–Trinajstić information content (AvgIpc) is 2.97. The van der Waals surface area contributed by atoms with Gasteiger partial charge in [-0.2, -0.15) is 10.4 Å². The minimum Gasteiger partial charge on any atom is -0.453 e. The molecule has 0 amide bonds. The fraction of sp³-hybridized carbons (Fsp3) is 0.348. The molecule has 2 rings (SSSR count). The van der Waals surface area contributed by atoms with E-state index in [1.807, 2.05) is 24.3 Å². The lowest BCUT2D eigenvalue weighted by Crippen LogP contribution is -2.12. The van der Waals surface area contributed by atoms with Crippen molar-refractivity contribution in [3.05, 3.63) is 51.8 Å². The van der Waals surface area contributed by atoms with Crippen molar-refractivity contribution in [1.82, 2.24) is 9.78 Å². The third kappa shape index (κ3) is 5.81. The van der Waals surface area contributed by atoms with E-state index in [4.69, 9.17) is 27.5 Å². The minimum atomic E-state index is -0.988. The van der Waals surface area contributed by atoms with Gasteiger partial charge < -0.3 is 14.2 Å². The van der Waals surface area contributed by atoms with Crippen LogP contribution in [0.1, 0.15) is 43.3 Å². The Morgan fingerprint density at radius 3 is 2.35 bits per heavy atom. The van der Waals surface area contributed by atoms with E-state index in [1.54, 1.807) is 14.0 Å². The zero-order valence-corrected chi connectivity index (χ0v) is 18.9. The number of carbonyl (C=O) groups excluding carboxylic acids is 1. The first-order valence-electron chi connectivity index (χ1n) is 9.40. The van der Waals surface area contributed by atoms with Gasteiger partial charge in [0, 0.05) is 7.05 Å². The Morgan fingerprint density at radius 2 is 1.87 bits per heavy atom. The maximum atomic E-state index is 11.6. The molecule has 0 atom stereocenters. The zero-order chi connectivity index (χ0) is 23.2. The quantitative estimate of drug-likeness (QED) is 0.210. The summed E-state index contributed by atoms with van der Waals surface area (Å²) in [7, 11) is 1.68. The summed E-state index contributed by atoms with van der Waals surface area (Å²) in [5.41, 5.74) is 2.86. The molecule has 1 aromatic carbocycles. The Balaban J connectivity index is 2.48. The summed E-state index contributed by atoms with van der Waals surface area (Å²) in [5.74, 6) is 2.29. The number of aryl methyl sites for hydroxylation is 2. The molecule has 0 N–H and O–H groups in total. The van der Waals surface area contributed by atoms with E-state index in [1.165, 1.54) is 4.68 Å². The summed E-state index contributed by atoms with van der Waals surface area (Å²) in [4.78, 5) is 11.6. The van der Waals surface area contributed by atoms with Crippen LogP contribution >= 0.6 is 11.6 Å². The molecule has 8 heteroatoms. The molecule has 0 saturated heterocycles. The van der Waals surface area contributed by atoms with Gasteiger partial charge in [0.1, 0.15) is 17.3 Å². The number of hydrogen-bond donors (Lipinski definition) is 0. The Labute approximate surface area is 187 Å². The number of rotatable bonds is 6. The van der Waals surface area contributed by atoms with Gasteiger partial charge in [0.25, 0.3) is 0 Å². The van der Waals surface area contributed by atoms with E-state index < -0.39 is 12.9 Å². The highest BCUT2D eigenvalue weighted by molar-refractivity contribution is 6.33. The van der Waals surface area contributed by atoms with Crippen molar-refractivity contribution < 1.29 is 19.0 Å². The number of carbonyl (C=O) groups is 1. The SMILES string of the molecule is C#CCOC(=O)OCO/C(=C(/C#N)c1ccc(C(C)(C)C)cc1)c1c(Cl)c(C)nn1C. The van der Waals surface area contributed by atoms with E-state index in [0.29, 0.717) is 22.0 Å². The minimum absolute atomic E-state index is 0.0383. The third-order valence-electron chi connectivity index (χ3n) is 4.40. The Hall–Kier alpha value is -3.42. The second-order valence-electron chi connectivity index (χ2n) is 7.66. The Kier molecular flexibility index (Phi) is 7.74. The van der Waals surface area contributed by atoms with Gasteiger partial charge in [0.15, 0.2) is 12.4 Å². The summed E-state index contributed by atoms with van der Waals surface area (Å²) in [6.45, 7) is 7.31.